The molecule has 0 aliphatic heterocycles. The Morgan fingerprint density at radius 1 is 1.15 bits per heavy atom. The van der Waals surface area contributed by atoms with Crippen molar-refractivity contribution in [3.05, 3.63) is 36.1 Å². The number of para-hydroxylation sites is 1. The molecular formula is C17H23NO2. The molecule has 1 aromatic carbocycles. The second-order valence-corrected chi connectivity index (χ2v) is 7.22. The van der Waals surface area contributed by atoms with E-state index in [9.17, 15) is 4.79 Å². The lowest BCUT2D eigenvalue weighted by molar-refractivity contribution is 0.0865. The molecule has 0 saturated carbocycles. The Hall–Kier alpha value is -1.77. The van der Waals surface area contributed by atoms with Crippen molar-refractivity contribution in [1.82, 2.24) is 5.32 Å². The van der Waals surface area contributed by atoms with E-state index in [0.29, 0.717) is 5.76 Å². The van der Waals surface area contributed by atoms with Crippen LogP contribution >= 0.6 is 0 Å². The Morgan fingerprint density at radius 2 is 1.80 bits per heavy atom. The van der Waals surface area contributed by atoms with Gasteiger partial charge in [-0.15, -0.1) is 0 Å². The minimum absolute atomic E-state index is 0.157. The van der Waals surface area contributed by atoms with Gasteiger partial charge in [-0.05, 0) is 37.8 Å². The van der Waals surface area contributed by atoms with Gasteiger partial charge < -0.3 is 9.73 Å². The zero-order chi connectivity index (χ0) is 15.0. The van der Waals surface area contributed by atoms with Gasteiger partial charge in [-0.2, -0.15) is 0 Å². The molecule has 2 rings (SSSR count). The average Bonchev–Trinajstić information content (AvgIpc) is 2.68. The van der Waals surface area contributed by atoms with Gasteiger partial charge in [-0.1, -0.05) is 39.0 Å². The van der Waals surface area contributed by atoms with E-state index in [0.717, 1.165) is 17.4 Å². The first-order valence-corrected chi connectivity index (χ1v) is 6.97. The molecule has 0 fully saturated rings. The van der Waals surface area contributed by atoms with Crippen LogP contribution in [0.4, 0.5) is 0 Å². The van der Waals surface area contributed by atoms with Gasteiger partial charge in [0.2, 0.25) is 0 Å². The number of hydrogen-bond donors (Lipinski definition) is 1. The second-order valence-electron chi connectivity index (χ2n) is 7.22. The quantitative estimate of drug-likeness (QED) is 0.901. The highest BCUT2D eigenvalue weighted by molar-refractivity contribution is 5.96. The fraction of sp³-hybridized carbons (Fsp3) is 0.471. The number of hydrogen-bond acceptors (Lipinski definition) is 2. The fourth-order valence-electron chi connectivity index (χ4n) is 2.83. The lowest BCUT2D eigenvalue weighted by Gasteiger charge is -2.33. The molecule has 0 atom stereocenters. The van der Waals surface area contributed by atoms with Gasteiger partial charge in [0, 0.05) is 10.9 Å². The highest BCUT2D eigenvalue weighted by atomic mass is 16.3. The number of nitrogens with one attached hydrogen (secondary N) is 1. The summed E-state index contributed by atoms with van der Waals surface area (Å²) in [7, 11) is 0. The van der Waals surface area contributed by atoms with Crippen LogP contribution in [0.15, 0.2) is 34.7 Å². The van der Waals surface area contributed by atoms with Crippen molar-refractivity contribution in [2.45, 2.75) is 46.6 Å². The SMILES string of the molecule is CC(C)(C)CC(C)(C)NC(=O)c1cc2ccccc2o1. The molecule has 108 valence electrons. The molecule has 0 radical (unpaired) electrons. The van der Waals surface area contributed by atoms with E-state index < -0.39 is 0 Å². The number of benzene rings is 1. The van der Waals surface area contributed by atoms with Crippen LogP contribution in [0.3, 0.4) is 0 Å². The average molecular weight is 273 g/mol. The Kier molecular flexibility index (Phi) is 3.63. The highest BCUT2D eigenvalue weighted by Crippen LogP contribution is 2.27. The largest absolute Gasteiger partial charge is 0.451 e. The van der Waals surface area contributed by atoms with Crippen molar-refractivity contribution >= 4 is 16.9 Å². The summed E-state index contributed by atoms with van der Waals surface area (Å²) in [6.45, 7) is 10.6. The molecule has 0 bridgehead atoms. The molecule has 0 unspecified atom stereocenters. The van der Waals surface area contributed by atoms with Crippen molar-refractivity contribution in [1.29, 1.82) is 0 Å². The summed E-state index contributed by atoms with van der Waals surface area (Å²) in [6.07, 6.45) is 0.895. The predicted molar refractivity (Wildman–Crippen MR) is 81.8 cm³/mol. The molecule has 0 saturated heterocycles. The van der Waals surface area contributed by atoms with Crippen LogP contribution in [0, 0.1) is 5.41 Å². The van der Waals surface area contributed by atoms with Crippen molar-refractivity contribution in [2.75, 3.05) is 0 Å². The zero-order valence-electron chi connectivity index (χ0n) is 12.9. The minimum atomic E-state index is -0.270. The molecule has 20 heavy (non-hydrogen) atoms. The third-order valence-electron chi connectivity index (χ3n) is 3.07. The number of rotatable bonds is 3. The lowest BCUT2D eigenvalue weighted by atomic mass is 9.82. The highest BCUT2D eigenvalue weighted by Gasteiger charge is 2.28. The van der Waals surface area contributed by atoms with E-state index >= 15 is 0 Å². The second kappa shape index (κ2) is 4.97. The van der Waals surface area contributed by atoms with Crippen LogP contribution in [0.5, 0.6) is 0 Å². The Morgan fingerprint density at radius 3 is 2.40 bits per heavy atom. The number of fused-ring (bicyclic) bond motifs is 1. The lowest BCUT2D eigenvalue weighted by Crippen LogP contribution is -2.45. The summed E-state index contributed by atoms with van der Waals surface area (Å²) in [5, 5.41) is 4.01. The zero-order valence-corrected chi connectivity index (χ0v) is 12.9. The first-order valence-electron chi connectivity index (χ1n) is 6.97. The summed E-state index contributed by atoms with van der Waals surface area (Å²) >= 11 is 0. The number of amides is 1. The van der Waals surface area contributed by atoms with E-state index in [-0.39, 0.29) is 16.9 Å². The topological polar surface area (TPSA) is 42.2 Å². The minimum Gasteiger partial charge on any atom is -0.451 e. The molecule has 3 nitrogen and oxygen atoms in total. The fourth-order valence-corrected chi connectivity index (χ4v) is 2.83. The normalized spacial score (nSPS) is 12.7. The van der Waals surface area contributed by atoms with Gasteiger partial charge in [0.05, 0.1) is 0 Å². The van der Waals surface area contributed by atoms with E-state index in [1.807, 2.05) is 38.1 Å². The molecule has 0 aliphatic carbocycles. The van der Waals surface area contributed by atoms with Gasteiger partial charge in [0.25, 0.3) is 5.91 Å². The van der Waals surface area contributed by atoms with Crippen LogP contribution in [-0.2, 0) is 0 Å². The molecule has 1 N–H and O–H groups in total. The maximum Gasteiger partial charge on any atom is 0.287 e. The van der Waals surface area contributed by atoms with E-state index in [1.54, 1.807) is 6.07 Å². The van der Waals surface area contributed by atoms with Gasteiger partial charge in [0.1, 0.15) is 5.58 Å². The number of carbonyl (C=O) groups excluding carboxylic acids is 1. The van der Waals surface area contributed by atoms with Crippen LogP contribution in [-0.4, -0.2) is 11.4 Å². The monoisotopic (exact) mass is 273 g/mol. The molecule has 1 heterocycles. The van der Waals surface area contributed by atoms with Crippen LogP contribution in [0.2, 0.25) is 0 Å². The smallest absolute Gasteiger partial charge is 0.287 e. The maximum atomic E-state index is 12.3. The van der Waals surface area contributed by atoms with Gasteiger partial charge in [-0.3, -0.25) is 4.79 Å². The van der Waals surface area contributed by atoms with E-state index in [1.165, 1.54) is 0 Å². The maximum absolute atomic E-state index is 12.3. The third kappa shape index (κ3) is 3.62. The molecule has 1 aromatic heterocycles. The summed E-state index contributed by atoms with van der Waals surface area (Å²) < 4.78 is 5.59. The molecule has 1 amide bonds. The van der Waals surface area contributed by atoms with Crippen molar-refractivity contribution in [3.63, 3.8) is 0 Å². The third-order valence-corrected chi connectivity index (χ3v) is 3.07. The van der Waals surface area contributed by atoms with Crippen molar-refractivity contribution in [3.8, 4) is 0 Å². The van der Waals surface area contributed by atoms with Crippen molar-refractivity contribution < 1.29 is 9.21 Å². The van der Waals surface area contributed by atoms with E-state index in [2.05, 4.69) is 26.1 Å². The van der Waals surface area contributed by atoms with Crippen LogP contribution in [0.25, 0.3) is 11.0 Å². The Bertz CT molecular complexity index is 584. The van der Waals surface area contributed by atoms with Gasteiger partial charge >= 0.3 is 0 Å². The first-order chi connectivity index (χ1) is 9.16. The predicted octanol–water partition coefficient (Wildman–Crippen LogP) is 4.38. The molecule has 0 aliphatic rings. The van der Waals surface area contributed by atoms with E-state index in [4.69, 9.17) is 4.42 Å². The van der Waals surface area contributed by atoms with Gasteiger partial charge in [-0.25, -0.2) is 0 Å². The summed E-state index contributed by atoms with van der Waals surface area (Å²) in [4.78, 5) is 12.3. The molecular weight excluding hydrogens is 250 g/mol. The number of carbonyl (C=O) groups is 1. The molecule has 0 spiro atoms. The number of furan rings is 1. The molecule has 2 aromatic rings. The van der Waals surface area contributed by atoms with Crippen LogP contribution < -0.4 is 5.32 Å². The summed E-state index contributed by atoms with van der Waals surface area (Å²) in [5.74, 6) is 0.212. The Balaban J connectivity index is 2.15. The standard InChI is InChI=1S/C17H23NO2/c1-16(2,3)11-17(4,5)18-15(19)14-10-12-8-6-7-9-13(12)20-14/h6-10H,11H2,1-5H3,(H,18,19). The first kappa shape index (κ1) is 14.6. The summed E-state index contributed by atoms with van der Waals surface area (Å²) in [6, 6.07) is 9.43. The molecule has 3 heteroatoms. The Labute approximate surface area is 120 Å². The van der Waals surface area contributed by atoms with Gasteiger partial charge in [0.15, 0.2) is 5.76 Å². The van der Waals surface area contributed by atoms with Crippen molar-refractivity contribution in [2.24, 2.45) is 5.41 Å². The summed E-state index contributed by atoms with van der Waals surface area (Å²) in [5.41, 5.74) is 0.630. The van der Waals surface area contributed by atoms with Crippen LogP contribution in [0.1, 0.15) is 51.6 Å².